The summed E-state index contributed by atoms with van der Waals surface area (Å²) in [6, 6.07) is 16.4. The van der Waals surface area contributed by atoms with Gasteiger partial charge in [0.1, 0.15) is 11.3 Å². The number of furan rings is 1. The minimum atomic E-state index is 0. The predicted octanol–water partition coefficient (Wildman–Crippen LogP) is 5.53. The third-order valence-electron chi connectivity index (χ3n) is 3.67. The van der Waals surface area contributed by atoms with E-state index in [4.69, 9.17) is 4.42 Å². The number of rotatable bonds is 3. The molecule has 3 nitrogen and oxygen atoms in total. The summed E-state index contributed by atoms with van der Waals surface area (Å²) in [6.07, 6.45) is 5.58. The third-order valence-corrected chi connectivity index (χ3v) is 4.17. The van der Waals surface area contributed by atoms with E-state index in [0.717, 1.165) is 33.3 Å². The van der Waals surface area contributed by atoms with Crippen LogP contribution in [0.5, 0.6) is 0 Å². The van der Waals surface area contributed by atoms with Gasteiger partial charge in [0, 0.05) is 34.4 Å². The zero-order valence-electron chi connectivity index (χ0n) is 12.1. The lowest BCUT2D eigenvalue weighted by atomic mass is 10.0. The van der Waals surface area contributed by atoms with Gasteiger partial charge in [0.25, 0.3) is 0 Å². The van der Waals surface area contributed by atoms with Gasteiger partial charge >= 0.3 is 0 Å². The van der Waals surface area contributed by atoms with Crippen molar-refractivity contribution in [2.75, 3.05) is 0 Å². The fourth-order valence-electron chi connectivity index (χ4n) is 2.62. The van der Waals surface area contributed by atoms with Crippen molar-refractivity contribution in [2.24, 2.45) is 0 Å². The molecule has 23 heavy (non-hydrogen) atoms. The van der Waals surface area contributed by atoms with Gasteiger partial charge in [-0.3, -0.25) is 0 Å². The molecule has 5 heteroatoms. The Labute approximate surface area is 148 Å². The molecule has 0 aliphatic carbocycles. The van der Waals surface area contributed by atoms with Gasteiger partial charge < -0.3 is 8.98 Å². The van der Waals surface area contributed by atoms with Gasteiger partial charge in [-0.05, 0) is 29.8 Å². The summed E-state index contributed by atoms with van der Waals surface area (Å²) in [5.41, 5.74) is 3.22. The monoisotopic (exact) mass is 388 g/mol. The first kappa shape index (κ1) is 15.8. The second-order valence-electron chi connectivity index (χ2n) is 5.18. The summed E-state index contributed by atoms with van der Waals surface area (Å²) in [6.45, 7) is 0.775. The van der Waals surface area contributed by atoms with Crippen LogP contribution in [0.25, 0.3) is 22.3 Å². The van der Waals surface area contributed by atoms with Crippen LogP contribution in [0.4, 0.5) is 0 Å². The van der Waals surface area contributed by atoms with E-state index >= 15 is 0 Å². The highest BCUT2D eigenvalue weighted by molar-refractivity contribution is 9.10. The lowest BCUT2D eigenvalue weighted by Crippen LogP contribution is -1.98. The van der Waals surface area contributed by atoms with E-state index in [9.17, 15) is 0 Å². The molecule has 2 aromatic carbocycles. The van der Waals surface area contributed by atoms with E-state index in [1.165, 1.54) is 5.56 Å². The Morgan fingerprint density at radius 3 is 2.78 bits per heavy atom. The molecule has 0 N–H and O–H groups in total. The summed E-state index contributed by atoms with van der Waals surface area (Å²) in [5.74, 6) is 0.892. The smallest absolute Gasteiger partial charge is 0.135 e. The SMILES string of the molecule is Brc1ccc2oc(-c3ccccc3Cn3ccnc3)cc2c1.Cl. The second-order valence-corrected chi connectivity index (χ2v) is 6.10. The molecule has 0 aliphatic heterocycles. The van der Waals surface area contributed by atoms with Crippen molar-refractivity contribution in [1.29, 1.82) is 0 Å². The molecule has 116 valence electrons. The van der Waals surface area contributed by atoms with Gasteiger partial charge in [-0.1, -0.05) is 40.2 Å². The Morgan fingerprint density at radius 1 is 1.09 bits per heavy atom. The fraction of sp³-hybridized carbons (Fsp3) is 0.0556. The highest BCUT2D eigenvalue weighted by Crippen LogP contribution is 2.31. The molecule has 0 fully saturated rings. The van der Waals surface area contributed by atoms with E-state index < -0.39 is 0 Å². The summed E-state index contributed by atoms with van der Waals surface area (Å²) >= 11 is 3.50. The van der Waals surface area contributed by atoms with Crippen molar-refractivity contribution in [3.63, 3.8) is 0 Å². The highest BCUT2D eigenvalue weighted by Gasteiger charge is 2.10. The molecule has 2 heterocycles. The Morgan fingerprint density at radius 2 is 1.96 bits per heavy atom. The second kappa shape index (κ2) is 6.60. The third kappa shape index (κ3) is 3.19. The number of aromatic nitrogens is 2. The highest BCUT2D eigenvalue weighted by atomic mass is 79.9. The zero-order valence-corrected chi connectivity index (χ0v) is 14.5. The fourth-order valence-corrected chi connectivity index (χ4v) is 3.00. The first-order valence-corrected chi connectivity index (χ1v) is 7.82. The lowest BCUT2D eigenvalue weighted by molar-refractivity contribution is 0.629. The van der Waals surface area contributed by atoms with Crippen molar-refractivity contribution >= 4 is 39.3 Å². The average Bonchev–Trinajstić information content (AvgIpc) is 3.16. The number of hydrogen-bond donors (Lipinski definition) is 0. The van der Waals surface area contributed by atoms with E-state index in [1.807, 2.05) is 30.7 Å². The van der Waals surface area contributed by atoms with Crippen molar-refractivity contribution in [2.45, 2.75) is 6.54 Å². The number of nitrogens with zero attached hydrogens (tertiary/aromatic N) is 2. The van der Waals surface area contributed by atoms with Gasteiger partial charge in [0.15, 0.2) is 0 Å². The van der Waals surface area contributed by atoms with Gasteiger partial charge in [0.05, 0.1) is 6.33 Å². The van der Waals surface area contributed by atoms with E-state index in [2.05, 4.69) is 55.8 Å². The Balaban J connectivity index is 0.00000156. The van der Waals surface area contributed by atoms with Crippen LogP contribution in [-0.4, -0.2) is 9.55 Å². The number of imidazole rings is 1. The molecule has 0 saturated carbocycles. The van der Waals surface area contributed by atoms with Crippen molar-refractivity contribution in [3.8, 4) is 11.3 Å². The normalized spacial score (nSPS) is 10.7. The first-order chi connectivity index (χ1) is 10.8. The zero-order chi connectivity index (χ0) is 14.9. The van der Waals surface area contributed by atoms with Crippen LogP contribution in [0, 0.1) is 0 Å². The molecular formula is C18H14BrClN2O. The van der Waals surface area contributed by atoms with E-state index in [1.54, 1.807) is 6.20 Å². The quantitative estimate of drug-likeness (QED) is 0.461. The first-order valence-electron chi connectivity index (χ1n) is 7.03. The van der Waals surface area contributed by atoms with Crippen LogP contribution in [-0.2, 0) is 6.54 Å². The van der Waals surface area contributed by atoms with Crippen LogP contribution >= 0.6 is 28.3 Å². The molecule has 0 bridgehead atoms. The molecule has 0 saturated heterocycles. The maximum Gasteiger partial charge on any atom is 0.135 e. The minimum Gasteiger partial charge on any atom is -0.456 e. The number of fused-ring (bicyclic) bond motifs is 1. The summed E-state index contributed by atoms with van der Waals surface area (Å²) in [4.78, 5) is 4.10. The van der Waals surface area contributed by atoms with Crippen molar-refractivity contribution in [1.82, 2.24) is 9.55 Å². The Hall–Kier alpha value is -2.04. The molecule has 0 atom stereocenters. The molecule has 2 aromatic heterocycles. The summed E-state index contributed by atoms with van der Waals surface area (Å²) < 4.78 is 9.13. The van der Waals surface area contributed by atoms with Crippen LogP contribution in [0.2, 0.25) is 0 Å². The van der Waals surface area contributed by atoms with Gasteiger partial charge in [-0.2, -0.15) is 0 Å². The largest absolute Gasteiger partial charge is 0.456 e. The van der Waals surface area contributed by atoms with Gasteiger partial charge in [0.2, 0.25) is 0 Å². The lowest BCUT2D eigenvalue weighted by Gasteiger charge is -2.07. The van der Waals surface area contributed by atoms with Crippen molar-refractivity contribution < 1.29 is 4.42 Å². The molecule has 0 spiro atoms. The molecule has 0 radical (unpaired) electrons. The van der Waals surface area contributed by atoms with Crippen LogP contribution in [0.15, 0.2) is 76.1 Å². The number of benzene rings is 2. The predicted molar refractivity (Wildman–Crippen MR) is 97.9 cm³/mol. The van der Waals surface area contributed by atoms with Gasteiger partial charge in [-0.15, -0.1) is 12.4 Å². The Bertz CT molecular complexity index is 931. The minimum absolute atomic E-state index is 0. The summed E-state index contributed by atoms with van der Waals surface area (Å²) in [5, 5.41) is 1.10. The number of halogens is 2. The molecule has 0 aliphatic rings. The molecular weight excluding hydrogens is 376 g/mol. The summed E-state index contributed by atoms with van der Waals surface area (Å²) in [7, 11) is 0. The topological polar surface area (TPSA) is 31.0 Å². The van der Waals surface area contributed by atoms with Crippen molar-refractivity contribution in [3.05, 3.63) is 77.3 Å². The Kier molecular flexibility index (Phi) is 4.55. The van der Waals surface area contributed by atoms with Gasteiger partial charge in [-0.25, -0.2) is 4.98 Å². The molecule has 4 aromatic rings. The molecule has 0 unspecified atom stereocenters. The van der Waals surface area contributed by atoms with Crippen LogP contribution in [0.3, 0.4) is 0 Å². The number of hydrogen-bond acceptors (Lipinski definition) is 2. The average molecular weight is 390 g/mol. The standard InChI is InChI=1S/C18H13BrN2O.ClH/c19-15-5-6-17-14(9-15)10-18(22-17)16-4-2-1-3-13(16)11-21-8-7-20-12-21;/h1-10,12H,11H2;1H. The van der Waals surface area contributed by atoms with Crippen LogP contribution in [0.1, 0.15) is 5.56 Å². The maximum absolute atomic E-state index is 6.02. The molecule has 4 rings (SSSR count). The maximum atomic E-state index is 6.02. The van der Waals surface area contributed by atoms with E-state index in [0.29, 0.717) is 0 Å². The van der Waals surface area contributed by atoms with E-state index in [-0.39, 0.29) is 12.4 Å². The van der Waals surface area contributed by atoms with Crippen LogP contribution < -0.4 is 0 Å². The molecule has 0 amide bonds.